The maximum Gasteiger partial charge on any atom is 0.261 e. The van der Waals surface area contributed by atoms with Gasteiger partial charge in [0.15, 0.2) is 10.5 Å². The molecule has 7 nitrogen and oxygen atoms in total. The van der Waals surface area contributed by atoms with Gasteiger partial charge in [0, 0.05) is 17.1 Å². The number of carbonyl (C=O) groups is 1. The van der Waals surface area contributed by atoms with Crippen LogP contribution in [0, 0.1) is 13.8 Å². The molecular formula is C16H17N4O3S+. The molecule has 1 aromatic carbocycles. The fraction of sp³-hybridized carbons (Fsp3) is 0.188. The van der Waals surface area contributed by atoms with Crippen molar-refractivity contribution < 1.29 is 13.6 Å². The number of hydrogen-bond donors (Lipinski definition) is 2. The number of aryl methyl sites for hydroxylation is 2. The molecule has 0 bridgehead atoms. The molecule has 0 aliphatic carbocycles. The largest absolute Gasteiger partial charge is 0.322 e. The van der Waals surface area contributed by atoms with Crippen LogP contribution in [0.25, 0.3) is 5.65 Å². The van der Waals surface area contributed by atoms with E-state index in [2.05, 4.69) is 15.4 Å². The predicted octanol–water partition coefficient (Wildman–Crippen LogP) is 2.56. The molecule has 24 heavy (non-hydrogen) atoms. The van der Waals surface area contributed by atoms with Crippen LogP contribution < -0.4 is 5.32 Å². The molecule has 0 spiro atoms. The van der Waals surface area contributed by atoms with Gasteiger partial charge in [0.05, 0.1) is 6.20 Å². The van der Waals surface area contributed by atoms with E-state index in [1.807, 2.05) is 19.9 Å². The van der Waals surface area contributed by atoms with Crippen molar-refractivity contribution in [3.63, 3.8) is 0 Å². The van der Waals surface area contributed by atoms with Crippen LogP contribution in [-0.4, -0.2) is 31.3 Å². The number of amides is 1. The summed E-state index contributed by atoms with van der Waals surface area (Å²) in [7, 11) is -3.02. The summed E-state index contributed by atoms with van der Waals surface area (Å²) < 4.78 is 22.7. The number of nitrogens with one attached hydrogen (secondary N) is 1. The summed E-state index contributed by atoms with van der Waals surface area (Å²) in [5.41, 5.74) is 3.08. The average molecular weight is 345 g/mol. The minimum atomic E-state index is -3.02. The second kappa shape index (κ2) is 5.81. The van der Waals surface area contributed by atoms with Gasteiger partial charge >= 0.3 is 0 Å². The maximum absolute atomic E-state index is 12.5. The lowest BCUT2D eigenvalue weighted by Gasteiger charge is -2.05. The van der Waals surface area contributed by atoms with Gasteiger partial charge in [0.2, 0.25) is 10.2 Å². The van der Waals surface area contributed by atoms with E-state index in [9.17, 15) is 13.6 Å². The summed E-state index contributed by atoms with van der Waals surface area (Å²) in [5.74, 6) is -0.337. The molecule has 3 rings (SSSR count). The Bertz CT molecular complexity index is 973. The Morgan fingerprint density at radius 3 is 2.54 bits per heavy atom. The Morgan fingerprint density at radius 1 is 1.25 bits per heavy atom. The molecule has 1 atom stereocenters. The molecule has 3 aromatic rings. The van der Waals surface area contributed by atoms with Crippen LogP contribution in [0.2, 0.25) is 0 Å². The molecular weight excluding hydrogens is 328 g/mol. The molecule has 0 aliphatic rings. The first-order chi connectivity index (χ1) is 11.3. The summed E-state index contributed by atoms with van der Waals surface area (Å²) in [4.78, 5) is 17.2. The van der Waals surface area contributed by atoms with Crippen molar-refractivity contribution in [2.45, 2.75) is 18.7 Å². The zero-order valence-electron chi connectivity index (χ0n) is 13.5. The van der Waals surface area contributed by atoms with Gasteiger partial charge < -0.3 is 5.32 Å². The number of benzene rings is 1. The summed E-state index contributed by atoms with van der Waals surface area (Å²) >= 11 is 0. The number of nitrogens with zero attached hydrogens (tertiary/aromatic N) is 3. The van der Waals surface area contributed by atoms with Gasteiger partial charge in [-0.25, -0.2) is 9.50 Å². The monoisotopic (exact) mass is 345 g/mol. The second-order valence-electron chi connectivity index (χ2n) is 5.61. The summed E-state index contributed by atoms with van der Waals surface area (Å²) in [6.07, 6.45) is 2.72. The van der Waals surface area contributed by atoms with Gasteiger partial charge in [-0.2, -0.15) is 9.65 Å². The highest BCUT2D eigenvalue weighted by Gasteiger charge is 2.21. The Kier molecular flexibility index (Phi) is 3.94. The number of rotatable bonds is 3. The molecule has 1 amide bonds. The SMILES string of the molecule is Cc1cc(C)n2ncc(C(=O)Nc3ccc([S+](C)(=O)O)cc3)c2n1. The Labute approximate surface area is 140 Å². The van der Waals surface area contributed by atoms with Gasteiger partial charge in [-0.3, -0.25) is 4.79 Å². The Morgan fingerprint density at radius 2 is 1.92 bits per heavy atom. The molecule has 124 valence electrons. The topological polar surface area (TPSA) is 96.6 Å². The van der Waals surface area contributed by atoms with Crippen LogP contribution >= 0.6 is 0 Å². The predicted molar refractivity (Wildman–Crippen MR) is 91.7 cm³/mol. The van der Waals surface area contributed by atoms with E-state index in [-0.39, 0.29) is 5.91 Å². The third kappa shape index (κ3) is 3.06. The standard InChI is InChI=1S/C16H16N4O3S/c1-10-8-11(2)20-15(18-10)14(9-17-20)16(21)19-12-4-6-13(7-5-12)24(3,22)23/h4-9H,1-3H3,(H-,19,21,22,23)/p+1. The minimum absolute atomic E-state index is 0.310. The normalized spacial score (nSPS) is 13.7. The lowest BCUT2D eigenvalue weighted by molar-refractivity contribution is 0.102. The summed E-state index contributed by atoms with van der Waals surface area (Å²) in [5, 5.41) is 6.94. The van der Waals surface area contributed by atoms with E-state index in [0.29, 0.717) is 21.8 Å². The van der Waals surface area contributed by atoms with Crippen LogP contribution in [0.5, 0.6) is 0 Å². The molecule has 2 heterocycles. The maximum atomic E-state index is 12.5. The number of fused-ring (bicyclic) bond motifs is 1. The fourth-order valence-electron chi connectivity index (χ4n) is 2.42. The van der Waals surface area contributed by atoms with E-state index in [0.717, 1.165) is 11.4 Å². The van der Waals surface area contributed by atoms with E-state index < -0.39 is 10.2 Å². The zero-order chi connectivity index (χ0) is 17.5. The van der Waals surface area contributed by atoms with Gasteiger partial charge in [0.1, 0.15) is 11.8 Å². The van der Waals surface area contributed by atoms with Crippen molar-refractivity contribution in [2.75, 3.05) is 11.6 Å². The van der Waals surface area contributed by atoms with E-state index in [1.54, 1.807) is 16.6 Å². The fourth-order valence-corrected chi connectivity index (χ4v) is 3.06. The quantitative estimate of drug-likeness (QED) is 0.711. The number of aromatic nitrogens is 3. The average Bonchev–Trinajstić information content (AvgIpc) is 2.91. The highest BCUT2D eigenvalue weighted by atomic mass is 32.3. The van der Waals surface area contributed by atoms with Crippen molar-refractivity contribution >= 4 is 27.5 Å². The molecule has 0 radical (unpaired) electrons. The summed E-state index contributed by atoms with van der Waals surface area (Å²) in [6, 6.07) is 8.09. The van der Waals surface area contributed by atoms with E-state index in [4.69, 9.17) is 0 Å². The molecule has 0 aliphatic heterocycles. The lowest BCUT2D eigenvalue weighted by Crippen LogP contribution is -2.13. The molecule has 1 unspecified atom stereocenters. The van der Waals surface area contributed by atoms with Gasteiger partial charge in [-0.1, -0.05) is 4.21 Å². The van der Waals surface area contributed by atoms with Crippen molar-refractivity contribution in [1.29, 1.82) is 0 Å². The minimum Gasteiger partial charge on any atom is -0.322 e. The first-order valence-electron chi connectivity index (χ1n) is 7.21. The van der Waals surface area contributed by atoms with Crippen LogP contribution in [0.1, 0.15) is 21.7 Å². The van der Waals surface area contributed by atoms with Gasteiger partial charge in [-0.15, -0.1) is 0 Å². The van der Waals surface area contributed by atoms with Crippen LogP contribution in [0.3, 0.4) is 0 Å². The lowest BCUT2D eigenvalue weighted by atomic mass is 10.2. The smallest absolute Gasteiger partial charge is 0.261 e. The first-order valence-corrected chi connectivity index (χ1v) is 9.13. The van der Waals surface area contributed by atoms with E-state index >= 15 is 0 Å². The van der Waals surface area contributed by atoms with Crippen LogP contribution in [-0.2, 0) is 14.4 Å². The zero-order valence-corrected chi connectivity index (χ0v) is 14.3. The second-order valence-corrected chi connectivity index (χ2v) is 7.69. The van der Waals surface area contributed by atoms with Crippen molar-refractivity contribution in [3.8, 4) is 0 Å². The Hall–Kier alpha value is -2.58. The first kappa shape index (κ1) is 16.3. The molecule has 0 fully saturated rings. The number of anilines is 1. The third-order valence-electron chi connectivity index (χ3n) is 3.57. The van der Waals surface area contributed by atoms with Crippen molar-refractivity contribution in [1.82, 2.24) is 14.6 Å². The third-order valence-corrected chi connectivity index (χ3v) is 4.72. The van der Waals surface area contributed by atoms with Crippen LogP contribution in [0.15, 0.2) is 41.4 Å². The molecule has 0 saturated heterocycles. The highest BCUT2D eigenvalue weighted by Crippen LogP contribution is 2.19. The number of carbonyl (C=O) groups excluding carboxylic acids is 1. The molecule has 0 saturated carbocycles. The molecule has 8 heteroatoms. The highest BCUT2D eigenvalue weighted by molar-refractivity contribution is 7.97. The number of hydrogen-bond acceptors (Lipinski definition) is 4. The van der Waals surface area contributed by atoms with E-state index in [1.165, 1.54) is 24.6 Å². The van der Waals surface area contributed by atoms with Gasteiger partial charge in [0.25, 0.3) is 5.91 Å². The van der Waals surface area contributed by atoms with Crippen molar-refractivity contribution in [3.05, 3.63) is 53.5 Å². The Balaban J connectivity index is 1.89. The molecule has 2 aromatic heterocycles. The van der Waals surface area contributed by atoms with Crippen LogP contribution in [0.4, 0.5) is 5.69 Å². The van der Waals surface area contributed by atoms with Gasteiger partial charge in [-0.05, 0) is 44.2 Å². The van der Waals surface area contributed by atoms with Crippen molar-refractivity contribution in [2.24, 2.45) is 0 Å². The summed E-state index contributed by atoms with van der Waals surface area (Å²) in [6.45, 7) is 3.75. The molecule has 2 N–H and O–H groups in total.